The molecular weight excluding hydrogens is 360 g/mol. The normalized spacial score (nSPS) is 14.4. The molecule has 142 valence electrons. The number of nitrogens with zero attached hydrogens (tertiary/aromatic N) is 3. The van der Waals surface area contributed by atoms with Crippen molar-refractivity contribution in [1.82, 2.24) is 25.9 Å². The smallest absolute Gasteiger partial charge is 0.316 e. The zero-order chi connectivity index (χ0) is 18.9. The third-order valence-electron chi connectivity index (χ3n) is 3.75. The van der Waals surface area contributed by atoms with Crippen LogP contribution in [0.4, 0.5) is 16.4 Å². The van der Waals surface area contributed by atoms with Crippen LogP contribution in [0.25, 0.3) is 0 Å². The molecule has 1 aliphatic carbocycles. The van der Waals surface area contributed by atoms with Crippen molar-refractivity contribution in [2.75, 3.05) is 24.3 Å². The second-order valence-electron chi connectivity index (χ2n) is 5.70. The standard InChI is InChI=1S/C15H23ClN8O2/c1-2-19-15(26)21-8-18-7-20-14(25)10-12(17)24-13(11(16)23-10)22-9-5-3-4-6-9/h7,9H,2-6,8H2,1H3,(H3,17,22,24)(H,18,20,25)(H2,19,21,26). The molecule has 0 saturated heterocycles. The van der Waals surface area contributed by atoms with E-state index >= 15 is 0 Å². The van der Waals surface area contributed by atoms with E-state index in [1.54, 1.807) is 6.92 Å². The number of carbonyl (C=O) groups excluding carboxylic acids is 2. The Labute approximate surface area is 156 Å². The zero-order valence-electron chi connectivity index (χ0n) is 14.5. The number of hydrogen-bond donors (Lipinski definition) is 5. The van der Waals surface area contributed by atoms with E-state index in [-0.39, 0.29) is 29.4 Å². The molecule has 1 aliphatic rings. The Morgan fingerprint density at radius 2 is 2.04 bits per heavy atom. The second kappa shape index (κ2) is 9.76. The lowest BCUT2D eigenvalue weighted by Gasteiger charge is -2.14. The van der Waals surface area contributed by atoms with Gasteiger partial charge in [-0.05, 0) is 19.8 Å². The monoisotopic (exact) mass is 382 g/mol. The first-order valence-electron chi connectivity index (χ1n) is 8.41. The summed E-state index contributed by atoms with van der Waals surface area (Å²) in [5, 5.41) is 10.7. The van der Waals surface area contributed by atoms with Crippen molar-refractivity contribution in [3.8, 4) is 0 Å². The van der Waals surface area contributed by atoms with E-state index in [0.29, 0.717) is 18.4 Å². The van der Waals surface area contributed by atoms with E-state index in [9.17, 15) is 9.59 Å². The van der Waals surface area contributed by atoms with Gasteiger partial charge in [-0.3, -0.25) is 9.79 Å². The fourth-order valence-corrected chi connectivity index (χ4v) is 2.69. The van der Waals surface area contributed by atoms with Crippen LogP contribution in [-0.4, -0.2) is 47.5 Å². The van der Waals surface area contributed by atoms with Crippen LogP contribution in [0.1, 0.15) is 43.1 Å². The van der Waals surface area contributed by atoms with Gasteiger partial charge in [-0.15, -0.1) is 0 Å². The summed E-state index contributed by atoms with van der Waals surface area (Å²) in [5.41, 5.74) is 5.74. The van der Waals surface area contributed by atoms with Crippen molar-refractivity contribution >= 4 is 41.5 Å². The highest BCUT2D eigenvalue weighted by atomic mass is 35.5. The third-order valence-corrected chi connectivity index (χ3v) is 4.01. The maximum atomic E-state index is 12.1. The highest BCUT2D eigenvalue weighted by molar-refractivity contribution is 6.32. The average Bonchev–Trinajstić information content (AvgIpc) is 3.10. The molecule has 0 aromatic carbocycles. The van der Waals surface area contributed by atoms with Crippen molar-refractivity contribution in [3.63, 3.8) is 0 Å². The molecule has 0 spiro atoms. The highest BCUT2D eigenvalue weighted by Crippen LogP contribution is 2.26. The summed E-state index contributed by atoms with van der Waals surface area (Å²) in [6.45, 7) is 2.32. The zero-order valence-corrected chi connectivity index (χ0v) is 15.3. The van der Waals surface area contributed by atoms with Crippen LogP contribution in [0.2, 0.25) is 5.15 Å². The number of rotatable bonds is 7. The van der Waals surface area contributed by atoms with Gasteiger partial charge >= 0.3 is 6.03 Å². The Kier molecular flexibility index (Phi) is 7.39. The topological polar surface area (TPSA) is 146 Å². The number of carbonyl (C=O) groups is 2. The molecule has 3 amide bonds. The number of halogens is 1. The van der Waals surface area contributed by atoms with Crippen LogP contribution in [0.5, 0.6) is 0 Å². The number of nitrogens with two attached hydrogens (primary N) is 1. The van der Waals surface area contributed by atoms with Crippen molar-refractivity contribution in [3.05, 3.63) is 10.8 Å². The first-order valence-corrected chi connectivity index (χ1v) is 8.79. The van der Waals surface area contributed by atoms with E-state index in [1.165, 1.54) is 0 Å². The molecule has 10 nitrogen and oxygen atoms in total. The lowest BCUT2D eigenvalue weighted by molar-refractivity contribution is 0.0974. The number of amides is 3. The van der Waals surface area contributed by atoms with Gasteiger partial charge in [0.15, 0.2) is 22.5 Å². The number of aromatic nitrogens is 2. The number of anilines is 2. The molecule has 1 fully saturated rings. The van der Waals surface area contributed by atoms with Crippen LogP contribution >= 0.6 is 11.6 Å². The van der Waals surface area contributed by atoms with E-state index in [4.69, 9.17) is 17.3 Å². The Bertz CT molecular complexity index is 676. The fourth-order valence-electron chi connectivity index (χ4n) is 2.51. The van der Waals surface area contributed by atoms with Gasteiger partial charge in [0.05, 0.1) is 6.34 Å². The van der Waals surface area contributed by atoms with Gasteiger partial charge in [0.25, 0.3) is 5.91 Å². The number of nitrogens with one attached hydrogen (secondary N) is 4. The molecule has 6 N–H and O–H groups in total. The number of nitrogen functional groups attached to an aromatic ring is 1. The summed E-state index contributed by atoms with van der Waals surface area (Å²) in [6.07, 6.45) is 5.55. The molecule has 26 heavy (non-hydrogen) atoms. The van der Waals surface area contributed by atoms with Crippen LogP contribution in [0.15, 0.2) is 4.99 Å². The summed E-state index contributed by atoms with van der Waals surface area (Å²) in [6, 6.07) is -0.0476. The molecule has 0 unspecified atom stereocenters. The summed E-state index contributed by atoms with van der Waals surface area (Å²) in [5.74, 6) is -0.236. The summed E-state index contributed by atoms with van der Waals surface area (Å²) in [4.78, 5) is 35.3. The van der Waals surface area contributed by atoms with Gasteiger partial charge < -0.3 is 27.0 Å². The minimum absolute atomic E-state index is 0.0122. The highest BCUT2D eigenvalue weighted by Gasteiger charge is 2.20. The van der Waals surface area contributed by atoms with Crippen molar-refractivity contribution in [1.29, 1.82) is 0 Å². The largest absolute Gasteiger partial charge is 0.382 e. The first kappa shape index (κ1) is 19.7. The van der Waals surface area contributed by atoms with E-state index < -0.39 is 5.91 Å². The predicted molar refractivity (Wildman–Crippen MR) is 100 cm³/mol. The van der Waals surface area contributed by atoms with Gasteiger partial charge in [-0.2, -0.15) is 0 Å². The molecule has 1 aromatic heterocycles. The van der Waals surface area contributed by atoms with Gasteiger partial charge in [-0.1, -0.05) is 24.4 Å². The van der Waals surface area contributed by atoms with Gasteiger partial charge in [-0.25, -0.2) is 14.8 Å². The van der Waals surface area contributed by atoms with Crippen molar-refractivity contribution in [2.24, 2.45) is 4.99 Å². The van der Waals surface area contributed by atoms with Gasteiger partial charge in [0, 0.05) is 12.6 Å². The summed E-state index contributed by atoms with van der Waals surface area (Å²) in [7, 11) is 0. The minimum atomic E-state index is -0.592. The van der Waals surface area contributed by atoms with Crippen molar-refractivity contribution < 1.29 is 9.59 Å². The van der Waals surface area contributed by atoms with E-state index in [1.807, 2.05) is 0 Å². The lowest BCUT2D eigenvalue weighted by Crippen LogP contribution is -2.35. The summed E-state index contributed by atoms with van der Waals surface area (Å²) >= 11 is 6.11. The van der Waals surface area contributed by atoms with Gasteiger partial charge in [0.1, 0.15) is 6.67 Å². The molecule has 0 bridgehead atoms. The molecule has 2 rings (SSSR count). The second-order valence-corrected chi connectivity index (χ2v) is 6.06. The Morgan fingerprint density at radius 1 is 1.31 bits per heavy atom. The Morgan fingerprint density at radius 3 is 2.73 bits per heavy atom. The molecular formula is C15H23ClN8O2. The van der Waals surface area contributed by atoms with Crippen molar-refractivity contribution in [2.45, 2.75) is 38.6 Å². The molecule has 1 heterocycles. The maximum Gasteiger partial charge on any atom is 0.316 e. The lowest BCUT2D eigenvalue weighted by atomic mass is 10.2. The SMILES string of the molecule is CCNC(=O)NCN=CNC(=O)c1nc(Cl)c(NC2CCCC2)nc1N. The average molecular weight is 383 g/mol. The molecule has 0 radical (unpaired) electrons. The maximum absolute atomic E-state index is 12.1. The van der Waals surface area contributed by atoms with Crippen LogP contribution < -0.4 is 27.0 Å². The van der Waals surface area contributed by atoms with Crippen LogP contribution in [0, 0.1) is 0 Å². The summed E-state index contributed by atoms with van der Waals surface area (Å²) < 4.78 is 0. The number of urea groups is 1. The molecule has 1 aromatic rings. The minimum Gasteiger partial charge on any atom is -0.382 e. The Hall–Kier alpha value is -2.62. The Balaban J connectivity index is 1.89. The predicted octanol–water partition coefficient (Wildman–Crippen LogP) is 1.10. The van der Waals surface area contributed by atoms with Crippen LogP contribution in [-0.2, 0) is 0 Å². The molecule has 0 atom stereocenters. The third kappa shape index (κ3) is 5.73. The number of aliphatic imine (C=N–C) groups is 1. The quantitative estimate of drug-likeness (QED) is 0.352. The van der Waals surface area contributed by atoms with Gasteiger partial charge in [0.2, 0.25) is 0 Å². The molecule has 1 saturated carbocycles. The number of hydrogen-bond acceptors (Lipinski definition) is 7. The van der Waals surface area contributed by atoms with E-state index in [0.717, 1.165) is 32.0 Å². The van der Waals surface area contributed by atoms with E-state index in [2.05, 4.69) is 36.2 Å². The first-order chi connectivity index (χ1) is 12.5. The molecule has 0 aliphatic heterocycles. The molecule has 11 heteroatoms. The fraction of sp³-hybridized carbons (Fsp3) is 0.533. The van der Waals surface area contributed by atoms with Crippen LogP contribution in [0.3, 0.4) is 0 Å².